The van der Waals surface area contributed by atoms with Crippen LogP contribution in [0.3, 0.4) is 0 Å². The maximum atomic E-state index is 11.8. The van der Waals surface area contributed by atoms with Crippen molar-refractivity contribution in [2.75, 3.05) is 154 Å². The van der Waals surface area contributed by atoms with Crippen LogP contribution in [0.5, 0.6) is 0 Å². The first kappa shape index (κ1) is 85.4. The van der Waals surface area contributed by atoms with Crippen molar-refractivity contribution in [3.63, 3.8) is 0 Å². The van der Waals surface area contributed by atoms with Gasteiger partial charge >= 0.3 is 29.8 Å². The molecule has 28 heteroatoms. The second-order valence-corrected chi connectivity index (χ2v) is 24.9. The minimum atomic E-state index is -1.42. The molecule has 93 heavy (non-hydrogen) atoms. The van der Waals surface area contributed by atoms with Crippen molar-refractivity contribution >= 4 is 59.4 Å². The van der Waals surface area contributed by atoms with Gasteiger partial charge in [0, 0.05) is 91.1 Å². The number of likely N-dealkylation sites (tertiary alicyclic amines) is 5. The highest BCUT2D eigenvalue weighted by Gasteiger charge is 2.47. The highest BCUT2D eigenvalue weighted by atomic mass is 16.5. The van der Waals surface area contributed by atoms with Crippen molar-refractivity contribution in [3.8, 4) is 0 Å². The number of carbonyl (C=O) groups excluding carboxylic acids is 10. The van der Waals surface area contributed by atoms with Gasteiger partial charge in [0.25, 0.3) is 0 Å². The summed E-state index contributed by atoms with van der Waals surface area (Å²) in [6, 6.07) is 0. The Morgan fingerprint density at radius 3 is 1.06 bits per heavy atom. The van der Waals surface area contributed by atoms with E-state index in [9.17, 15) is 73.5 Å². The molecule has 5 aliphatic heterocycles. The third-order valence-corrected chi connectivity index (χ3v) is 17.2. The molecular formula is C65H115N5O23. The number of methoxy groups -OCH3 is 5. The summed E-state index contributed by atoms with van der Waals surface area (Å²) < 4.78 is 33.5. The van der Waals surface area contributed by atoms with Gasteiger partial charge in [-0.1, -0.05) is 97.8 Å². The van der Waals surface area contributed by atoms with Crippen LogP contribution in [-0.2, 0) is 81.1 Å². The van der Waals surface area contributed by atoms with Crippen molar-refractivity contribution in [2.45, 2.75) is 167 Å². The van der Waals surface area contributed by atoms with Crippen molar-refractivity contribution in [2.24, 2.45) is 35.5 Å². The number of hydrogen-bond donors (Lipinski definition) is 6. The summed E-state index contributed by atoms with van der Waals surface area (Å²) in [6.07, 6.45) is 19.2. The molecule has 0 aromatic heterocycles. The van der Waals surface area contributed by atoms with Gasteiger partial charge in [-0.25, -0.2) is 0 Å². The van der Waals surface area contributed by atoms with Gasteiger partial charge in [0.15, 0.2) is 0 Å². The fourth-order valence-electron chi connectivity index (χ4n) is 11.2. The van der Waals surface area contributed by atoms with Crippen molar-refractivity contribution < 1.29 is 112 Å². The number of carbonyl (C=O) groups is 10. The molecule has 5 atom stereocenters. The van der Waals surface area contributed by atoms with Crippen molar-refractivity contribution in [1.29, 1.82) is 0 Å². The van der Waals surface area contributed by atoms with Crippen LogP contribution < -0.4 is 0 Å². The van der Waals surface area contributed by atoms with Gasteiger partial charge in [-0.2, -0.15) is 0 Å². The Kier molecular flexibility index (Phi) is 44.2. The first-order valence-electron chi connectivity index (χ1n) is 33.1. The molecule has 538 valence electrons. The number of nitrogens with zero attached hydrogens (tertiary/aromatic N) is 5. The molecule has 0 aliphatic carbocycles. The van der Waals surface area contributed by atoms with Gasteiger partial charge < -0.3 is 88.3 Å². The van der Waals surface area contributed by atoms with Gasteiger partial charge in [-0.3, -0.25) is 47.9 Å². The topological polar surface area (TPSA) is 373 Å². The van der Waals surface area contributed by atoms with Crippen LogP contribution in [0.1, 0.15) is 156 Å². The second kappa shape index (κ2) is 48.1. The fraction of sp³-hybridized carbons (Fsp3) is 0.846. The molecule has 5 fully saturated rings. The largest absolute Gasteiger partial charge is 0.469 e. The Bertz CT molecular complexity index is 2210. The Labute approximate surface area is 550 Å². The van der Waals surface area contributed by atoms with E-state index in [0.29, 0.717) is 65.4 Å². The predicted molar refractivity (Wildman–Crippen MR) is 339 cm³/mol. The lowest BCUT2D eigenvalue weighted by Crippen LogP contribution is -2.58. The lowest BCUT2D eigenvalue weighted by Gasteiger charge is -2.37. The van der Waals surface area contributed by atoms with E-state index in [1.54, 1.807) is 11.8 Å². The van der Waals surface area contributed by atoms with Crippen molar-refractivity contribution in [3.05, 3.63) is 0 Å². The molecule has 0 spiro atoms. The number of hydrogen-bond acceptors (Lipinski definition) is 23. The van der Waals surface area contributed by atoms with E-state index in [-0.39, 0.29) is 111 Å². The molecule has 5 rings (SSSR count). The lowest BCUT2D eigenvalue weighted by molar-refractivity contribution is -0.146. The Balaban J connectivity index is 0.000000583. The first-order chi connectivity index (χ1) is 44.4. The molecule has 5 heterocycles. The SMILES string of the molecule is CCCCCCCCCCCN1CC(C(=O)OC)CC1=O.COC(=O)C1CC(=O)N(C(C)(CO)CO)C1.COC(=O)C1CC(=O)N(C(CO)(CO)CO)C1.COC(=O)C1CC(=O)N(CCCCCCC(C)C)C1.COC(=O)C1CC(=O)N(CCCOCCOCCO)C1. The monoisotopic (exact) mass is 1330 g/mol. The van der Waals surface area contributed by atoms with E-state index < -0.39 is 60.6 Å². The standard InChI is InChI=1S/C17H31NO3.C15H27NO3.C13H23NO6.C10H17NO6.C10H17NO5/c1-3-4-5-6-7-8-9-10-11-12-18-14-15(13-16(18)19)17(20)21-2;1-12(2)8-6-4-5-7-9-16-11-13(10-14(16)17)15(18)19-3;1-18-13(17)11-9-12(16)14(10-11)3-2-5-19-7-8-20-6-4-15;1-17-9(16)7-2-8(15)11(3-7)10(4-12,5-13)6-14;1-10(5-12,6-13)11-4-7(3-8(11)14)9(15)16-2/h15H,3-14H2,1-2H3;12-13H,4-11H2,1-3H3;11,15H,2-10H2,1H3;7,12-14H,2-6H2,1H3;7,12-13H,3-6H2,1-2H3. The van der Waals surface area contributed by atoms with E-state index in [2.05, 4.69) is 35.0 Å². The minimum absolute atomic E-state index is 0.00770. The predicted octanol–water partition coefficient (Wildman–Crippen LogP) is 2.05. The summed E-state index contributed by atoms with van der Waals surface area (Å²) in [5, 5.41) is 54.5. The van der Waals surface area contributed by atoms with Gasteiger partial charge in [0.2, 0.25) is 29.5 Å². The fourth-order valence-corrected chi connectivity index (χ4v) is 11.2. The Morgan fingerprint density at radius 1 is 0.409 bits per heavy atom. The quantitative estimate of drug-likeness (QED) is 0.0293. The molecule has 5 unspecified atom stereocenters. The molecule has 5 saturated heterocycles. The average Bonchev–Trinajstić information content (AvgIpc) is 1.72. The summed E-state index contributed by atoms with van der Waals surface area (Å²) >= 11 is 0. The van der Waals surface area contributed by atoms with E-state index in [0.717, 1.165) is 43.2 Å². The van der Waals surface area contributed by atoms with Crippen LogP contribution in [0, 0.1) is 35.5 Å². The number of unbranched alkanes of at least 4 members (excludes halogenated alkanes) is 11. The zero-order valence-electron chi connectivity index (χ0n) is 57.2. The summed E-state index contributed by atoms with van der Waals surface area (Å²) in [5.74, 6) is -3.40. The third-order valence-electron chi connectivity index (χ3n) is 17.2. The third kappa shape index (κ3) is 30.8. The molecule has 0 aromatic carbocycles. The maximum Gasteiger partial charge on any atom is 0.310 e. The smallest absolute Gasteiger partial charge is 0.310 e. The molecule has 5 aliphatic rings. The van der Waals surface area contributed by atoms with E-state index in [1.165, 1.54) is 117 Å². The highest BCUT2D eigenvalue weighted by molar-refractivity contribution is 5.89. The Morgan fingerprint density at radius 2 is 0.720 bits per heavy atom. The average molecular weight is 1330 g/mol. The normalized spacial score (nSPS) is 19.5. The minimum Gasteiger partial charge on any atom is -0.469 e. The Hall–Kier alpha value is -5.62. The van der Waals surface area contributed by atoms with Crippen molar-refractivity contribution in [1.82, 2.24) is 24.5 Å². The van der Waals surface area contributed by atoms with Crippen LogP contribution >= 0.6 is 0 Å². The molecule has 6 N–H and O–H groups in total. The zero-order chi connectivity index (χ0) is 69.9. The summed E-state index contributed by atoms with van der Waals surface area (Å²) in [5.41, 5.74) is -2.43. The van der Waals surface area contributed by atoms with Gasteiger partial charge in [-0.15, -0.1) is 0 Å². The highest BCUT2D eigenvalue weighted by Crippen LogP contribution is 2.29. The number of amides is 5. The summed E-state index contributed by atoms with van der Waals surface area (Å²) in [4.78, 5) is 123. The summed E-state index contributed by atoms with van der Waals surface area (Å²) in [7, 11) is 6.60. The van der Waals surface area contributed by atoms with E-state index in [1.807, 2.05) is 9.80 Å². The first-order valence-corrected chi connectivity index (χ1v) is 33.1. The molecule has 0 saturated carbocycles. The van der Waals surface area contributed by atoms with Gasteiger partial charge in [0.05, 0.1) is 130 Å². The second-order valence-electron chi connectivity index (χ2n) is 24.9. The molecule has 0 aromatic rings. The van der Waals surface area contributed by atoms with Gasteiger partial charge in [0.1, 0.15) is 5.54 Å². The number of ether oxygens (including phenoxy) is 7. The van der Waals surface area contributed by atoms with Crippen LogP contribution in [0.25, 0.3) is 0 Å². The maximum absolute atomic E-state index is 11.8. The van der Waals surface area contributed by atoms with E-state index in [4.69, 9.17) is 24.1 Å². The zero-order valence-corrected chi connectivity index (χ0v) is 57.2. The number of aliphatic hydroxyl groups excluding tert-OH is 6. The number of esters is 5. The summed E-state index contributed by atoms with van der Waals surface area (Å²) in [6.45, 7) is 11.6. The van der Waals surface area contributed by atoms with Crippen LogP contribution in [0.4, 0.5) is 0 Å². The number of rotatable bonds is 38. The molecule has 5 amide bonds. The molecule has 0 bridgehead atoms. The lowest BCUT2D eigenvalue weighted by atomic mass is 10.0. The molecule has 0 radical (unpaired) electrons. The molecule has 28 nitrogen and oxygen atoms in total. The van der Waals surface area contributed by atoms with Gasteiger partial charge in [-0.05, 0) is 32.1 Å². The number of aliphatic hydroxyl groups is 6. The van der Waals surface area contributed by atoms with E-state index >= 15 is 0 Å². The van der Waals surface area contributed by atoms with Crippen LogP contribution in [0.15, 0.2) is 0 Å². The van der Waals surface area contributed by atoms with Crippen LogP contribution in [-0.4, -0.2) is 280 Å². The van der Waals surface area contributed by atoms with Crippen LogP contribution in [0.2, 0.25) is 0 Å². The molecular weight excluding hydrogens is 1220 g/mol.